The van der Waals surface area contributed by atoms with E-state index in [1.807, 2.05) is 0 Å². The molecule has 6 rings (SSSR count). The molecule has 4 fully saturated rings. The van der Waals surface area contributed by atoms with Crippen LogP contribution in [-0.2, 0) is 32.7 Å². The molecule has 13 nitrogen and oxygen atoms in total. The largest absolute Gasteiger partial charge is 0.466 e. The normalized spacial score (nSPS) is 27.6. The molecule has 4 bridgehead atoms. The van der Waals surface area contributed by atoms with Gasteiger partial charge in [-0.15, -0.1) is 5.10 Å². The third-order valence-electron chi connectivity index (χ3n) is 9.27. The third-order valence-corrected chi connectivity index (χ3v) is 9.27. The van der Waals surface area contributed by atoms with Gasteiger partial charge in [0.25, 0.3) is 11.5 Å². The van der Waals surface area contributed by atoms with Crippen molar-refractivity contribution in [2.24, 2.45) is 23.8 Å². The molecule has 4 aliphatic rings. The topological polar surface area (TPSA) is 166 Å². The van der Waals surface area contributed by atoms with Crippen LogP contribution in [0.2, 0.25) is 0 Å². The maximum atomic E-state index is 13.3. The first-order valence-electron chi connectivity index (χ1n) is 15.0. The van der Waals surface area contributed by atoms with Crippen molar-refractivity contribution in [3.05, 3.63) is 52.7 Å². The molecule has 0 aromatic carbocycles. The average Bonchev–Trinajstić information content (AvgIpc) is 3.35. The zero-order chi connectivity index (χ0) is 31.7. The van der Waals surface area contributed by atoms with Gasteiger partial charge in [-0.1, -0.05) is 25.1 Å². The van der Waals surface area contributed by atoms with Crippen LogP contribution in [0, 0.1) is 16.7 Å². The van der Waals surface area contributed by atoms with Crippen LogP contribution in [0.15, 0.2) is 41.5 Å². The predicted molar refractivity (Wildman–Crippen MR) is 160 cm³/mol. The summed E-state index contributed by atoms with van der Waals surface area (Å²) in [5.41, 5.74) is -0.193. The average molecular weight is 608 g/mol. The van der Waals surface area contributed by atoms with Crippen LogP contribution in [0.4, 0.5) is 5.69 Å². The molecule has 4 aliphatic carbocycles. The van der Waals surface area contributed by atoms with Crippen molar-refractivity contribution in [1.82, 2.24) is 30.2 Å². The number of amides is 3. The van der Waals surface area contributed by atoms with Crippen LogP contribution in [0.3, 0.4) is 0 Å². The Hall–Kier alpha value is -4.29. The van der Waals surface area contributed by atoms with Crippen LogP contribution in [0.1, 0.15) is 75.7 Å². The van der Waals surface area contributed by atoms with Crippen LogP contribution >= 0.6 is 0 Å². The van der Waals surface area contributed by atoms with Gasteiger partial charge in [-0.2, -0.15) is 0 Å². The number of carbonyl (C=O) groups excluding carboxylic acids is 4. The van der Waals surface area contributed by atoms with Crippen LogP contribution in [-0.4, -0.2) is 61.9 Å². The first-order valence-corrected chi connectivity index (χ1v) is 15.0. The summed E-state index contributed by atoms with van der Waals surface area (Å²) >= 11 is 0. The smallest absolute Gasteiger partial charge is 0.330 e. The highest BCUT2D eigenvalue weighted by Gasteiger charge is 2.60. The Morgan fingerprint density at radius 1 is 1.14 bits per heavy atom. The number of methoxy groups -OCH3 is 1. The van der Waals surface area contributed by atoms with Gasteiger partial charge < -0.3 is 25.3 Å². The number of esters is 1. The van der Waals surface area contributed by atoms with Crippen molar-refractivity contribution in [3.8, 4) is 0 Å². The second-order valence-corrected chi connectivity index (χ2v) is 13.6. The molecule has 3 atom stereocenters. The summed E-state index contributed by atoms with van der Waals surface area (Å²) in [6.45, 7) is 4.51. The number of ether oxygens (including phenoxy) is 1. The molecule has 44 heavy (non-hydrogen) atoms. The minimum atomic E-state index is -1.06. The molecule has 2 aromatic heterocycles. The van der Waals surface area contributed by atoms with E-state index in [4.69, 9.17) is 0 Å². The number of rotatable bonds is 11. The maximum Gasteiger partial charge on any atom is 0.330 e. The Bertz CT molecular complexity index is 1530. The Labute approximate surface area is 255 Å². The van der Waals surface area contributed by atoms with E-state index >= 15 is 0 Å². The number of allylic oxidation sites excluding steroid dienone is 1. The number of anilines is 1. The summed E-state index contributed by atoms with van der Waals surface area (Å²) in [7, 11) is 2.80. The number of hydrogen-bond acceptors (Lipinski definition) is 8. The van der Waals surface area contributed by atoms with E-state index < -0.39 is 29.4 Å². The summed E-state index contributed by atoms with van der Waals surface area (Å²) in [6, 6.07) is 1.98. The fourth-order valence-corrected chi connectivity index (χ4v) is 8.56. The quantitative estimate of drug-likeness (QED) is 0.258. The van der Waals surface area contributed by atoms with Gasteiger partial charge in [0.2, 0.25) is 11.8 Å². The highest BCUT2D eigenvalue weighted by atomic mass is 16.5. The van der Waals surface area contributed by atoms with Gasteiger partial charge in [0.15, 0.2) is 0 Å². The molecule has 2 unspecified atom stereocenters. The van der Waals surface area contributed by atoms with Gasteiger partial charge >= 0.3 is 5.97 Å². The van der Waals surface area contributed by atoms with Crippen molar-refractivity contribution in [2.45, 2.75) is 83.3 Å². The number of pyridine rings is 1. The van der Waals surface area contributed by atoms with Gasteiger partial charge in [0, 0.05) is 24.9 Å². The van der Waals surface area contributed by atoms with Gasteiger partial charge in [-0.05, 0) is 80.2 Å². The maximum absolute atomic E-state index is 13.3. The number of aryl methyl sites for hydroxylation is 1. The third kappa shape index (κ3) is 6.76. The lowest BCUT2D eigenvalue weighted by Gasteiger charge is -2.65. The summed E-state index contributed by atoms with van der Waals surface area (Å²) in [6.07, 6.45) is 12.4. The molecule has 3 N–H and O–H groups in total. The molecule has 3 amide bonds. The van der Waals surface area contributed by atoms with E-state index in [1.165, 1.54) is 66.2 Å². The van der Waals surface area contributed by atoms with E-state index in [2.05, 4.69) is 44.8 Å². The van der Waals surface area contributed by atoms with Crippen molar-refractivity contribution in [1.29, 1.82) is 0 Å². The Morgan fingerprint density at radius 3 is 2.50 bits per heavy atom. The van der Waals surface area contributed by atoms with Crippen molar-refractivity contribution in [3.63, 3.8) is 0 Å². The Kier molecular flexibility index (Phi) is 8.50. The molecule has 0 radical (unpaired) electrons. The van der Waals surface area contributed by atoms with Gasteiger partial charge in [-0.25, -0.2) is 9.48 Å². The first kappa shape index (κ1) is 31.1. The summed E-state index contributed by atoms with van der Waals surface area (Å²) in [4.78, 5) is 64.3. The lowest BCUT2D eigenvalue weighted by atomic mass is 9.43. The van der Waals surface area contributed by atoms with Gasteiger partial charge in [0.1, 0.15) is 24.0 Å². The Balaban J connectivity index is 1.26. The molecule has 0 spiro atoms. The molecule has 2 aromatic rings. The summed E-state index contributed by atoms with van der Waals surface area (Å²) in [5.74, 6) is -1.37. The fourth-order valence-electron chi connectivity index (χ4n) is 8.56. The number of nitrogens with one attached hydrogen (secondary N) is 3. The highest BCUT2D eigenvalue weighted by molar-refractivity contribution is 6.00. The minimum absolute atomic E-state index is 0.0216. The monoisotopic (exact) mass is 607 g/mol. The molecule has 0 aliphatic heterocycles. The predicted octanol–water partition coefficient (Wildman–Crippen LogP) is 2.09. The lowest BCUT2D eigenvalue weighted by molar-refractivity contribution is -0.140. The van der Waals surface area contributed by atoms with E-state index in [0.717, 1.165) is 19.3 Å². The second kappa shape index (κ2) is 12.0. The molecule has 0 saturated heterocycles. The molecule has 236 valence electrons. The zero-order valence-electron chi connectivity index (χ0n) is 25.7. The Morgan fingerprint density at radius 2 is 1.86 bits per heavy atom. The van der Waals surface area contributed by atoms with Crippen LogP contribution < -0.4 is 21.5 Å². The van der Waals surface area contributed by atoms with Crippen molar-refractivity contribution >= 4 is 29.4 Å². The van der Waals surface area contributed by atoms with Gasteiger partial charge in [0.05, 0.1) is 13.3 Å². The number of carbonyl (C=O) groups is 4. The van der Waals surface area contributed by atoms with Crippen LogP contribution in [0.5, 0.6) is 0 Å². The summed E-state index contributed by atoms with van der Waals surface area (Å²) in [5, 5.41) is 16.0. The molecular weight excluding hydrogens is 566 g/mol. The van der Waals surface area contributed by atoms with Crippen LogP contribution in [0.25, 0.3) is 0 Å². The molecular formula is C31H41N7O6. The number of hydrogen-bond donors (Lipinski definition) is 3. The van der Waals surface area contributed by atoms with E-state index in [1.54, 1.807) is 13.1 Å². The highest BCUT2D eigenvalue weighted by Crippen LogP contribution is 2.66. The second-order valence-electron chi connectivity index (χ2n) is 13.6. The molecule has 13 heteroatoms. The first-order chi connectivity index (χ1) is 20.8. The van der Waals surface area contributed by atoms with E-state index in [0.29, 0.717) is 5.92 Å². The van der Waals surface area contributed by atoms with Crippen molar-refractivity contribution in [2.75, 3.05) is 12.4 Å². The van der Waals surface area contributed by atoms with Crippen molar-refractivity contribution < 1.29 is 23.9 Å². The fraction of sp³-hybridized carbons (Fsp3) is 0.581. The van der Waals surface area contributed by atoms with E-state index in [-0.39, 0.29) is 53.0 Å². The number of aromatic nitrogens is 4. The minimum Gasteiger partial charge on any atom is -0.466 e. The zero-order valence-corrected chi connectivity index (χ0v) is 25.7. The van der Waals surface area contributed by atoms with E-state index in [9.17, 15) is 24.0 Å². The lowest BCUT2D eigenvalue weighted by Crippen LogP contribution is -2.65. The standard InChI is InChI=1S/C31H41N7O6/c1-29-12-20-13-30(2,17-29)19-31(14-20,18-29)35-24(39)16-38-11-7-9-22(28(38)43)34-26(41)21(8-5-6-10-25(40)44-4)33-27(42)23-15-32-36-37(23)3/h6-7,9-11,15,20-21H,5,8,12-14,16-19H2,1-4H3,(H,33,42)(H,34,41)(H,35,39)/b10-6+/t20?,21-,29?,30?,31?/m0/s1. The molecule has 4 saturated carbocycles. The molecule has 2 heterocycles. The summed E-state index contributed by atoms with van der Waals surface area (Å²) < 4.78 is 7.13. The SMILES string of the molecule is COC(=O)/C=C/CC[C@H](NC(=O)c1cnnn1C)C(=O)Nc1cccn(CC(=O)NC23CC4CC(C)(CC(C)(C4)C2)C3)c1=O. The van der Waals surface area contributed by atoms with Gasteiger partial charge in [-0.3, -0.25) is 19.2 Å². The number of nitrogens with zero attached hydrogens (tertiary/aromatic N) is 4.